The van der Waals surface area contributed by atoms with Crippen molar-refractivity contribution < 1.29 is 19.0 Å². The van der Waals surface area contributed by atoms with E-state index < -0.39 is 0 Å². The SMILES string of the molecule is CCCOc1cc2c(Oc3ccc4c(ccn4C(C)=O)c3)ccnc2cc1OC1[C@H](C)C12CC2. The van der Waals surface area contributed by atoms with E-state index in [1.54, 1.807) is 23.9 Å². The van der Waals surface area contributed by atoms with Gasteiger partial charge in [-0.15, -0.1) is 0 Å². The number of rotatable bonds is 7. The Hall–Kier alpha value is -3.54. The lowest BCUT2D eigenvalue weighted by Gasteiger charge is -2.15. The predicted molar refractivity (Wildman–Crippen MR) is 131 cm³/mol. The van der Waals surface area contributed by atoms with E-state index in [0.29, 0.717) is 29.4 Å². The molecule has 2 aliphatic rings. The molecule has 2 heterocycles. The summed E-state index contributed by atoms with van der Waals surface area (Å²) in [5, 5.41) is 1.81. The van der Waals surface area contributed by atoms with E-state index in [0.717, 1.165) is 39.7 Å². The number of aromatic nitrogens is 2. The number of fused-ring (bicyclic) bond motifs is 2. The molecule has 2 atom stereocenters. The fraction of sp³-hybridized carbons (Fsp3) is 0.357. The van der Waals surface area contributed by atoms with Crippen molar-refractivity contribution in [2.45, 2.75) is 46.1 Å². The number of carbonyl (C=O) groups excluding carboxylic acids is 1. The summed E-state index contributed by atoms with van der Waals surface area (Å²) in [4.78, 5) is 16.4. The topological polar surface area (TPSA) is 62.6 Å². The normalized spacial score (nSPS) is 20.0. The van der Waals surface area contributed by atoms with Crippen molar-refractivity contribution >= 4 is 27.7 Å². The van der Waals surface area contributed by atoms with Crippen molar-refractivity contribution in [2.75, 3.05) is 6.61 Å². The second-order valence-corrected chi connectivity index (χ2v) is 9.56. The van der Waals surface area contributed by atoms with Crippen molar-refractivity contribution in [3.05, 3.63) is 54.9 Å². The quantitative estimate of drug-likeness (QED) is 0.313. The third-order valence-electron chi connectivity index (χ3n) is 7.36. The van der Waals surface area contributed by atoms with Crippen LogP contribution in [0.25, 0.3) is 21.8 Å². The van der Waals surface area contributed by atoms with Crippen LogP contribution in [0.2, 0.25) is 0 Å². The molecule has 4 aromatic rings. The highest BCUT2D eigenvalue weighted by Gasteiger charge is 2.71. The van der Waals surface area contributed by atoms with Gasteiger partial charge in [0, 0.05) is 47.5 Å². The first-order valence-corrected chi connectivity index (χ1v) is 12.0. The Morgan fingerprint density at radius 2 is 1.97 bits per heavy atom. The van der Waals surface area contributed by atoms with Crippen LogP contribution in [0, 0.1) is 11.3 Å². The summed E-state index contributed by atoms with van der Waals surface area (Å²) < 4.78 is 20.5. The Morgan fingerprint density at radius 3 is 2.71 bits per heavy atom. The molecule has 2 aromatic heterocycles. The van der Waals surface area contributed by atoms with Crippen molar-refractivity contribution in [3.8, 4) is 23.0 Å². The molecule has 0 radical (unpaired) electrons. The molecule has 2 aliphatic carbocycles. The summed E-state index contributed by atoms with van der Waals surface area (Å²) in [7, 11) is 0. The largest absolute Gasteiger partial charge is 0.490 e. The average Bonchev–Trinajstić information content (AvgIpc) is 3.67. The van der Waals surface area contributed by atoms with Crippen molar-refractivity contribution in [2.24, 2.45) is 11.3 Å². The lowest BCUT2D eigenvalue weighted by atomic mass is 10.1. The first-order valence-electron chi connectivity index (χ1n) is 12.0. The van der Waals surface area contributed by atoms with Crippen LogP contribution in [0.3, 0.4) is 0 Å². The van der Waals surface area contributed by atoms with Gasteiger partial charge in [0.1, 0.15) is 17.6 Å². The summed E-state index contributed by atoms with van der Waals surface area (Å²) in [6.07, 6.45) is 7.23. The van der Waals surface area contributed by atoms with E-state index in [2.05, 4.69) is 18.8 Å². The van der Waals surface area contributed by atoms with E-state index in [1.807, 2.05) is 42.5 Å². The van der Waals surface area contributed by atoms with Gasteiger partial charge in [0.2, 0.25) is 5.91 Å². The molecule has 34 heavy (non-hydrogen) atoms. The highest BCUT2D eigenvalue weighted by Crippen LogP contribution is 2.71. The second kappa shape index (κ2) is 7.76. The molecule has 174 valence electrons. The number of hydrogen-bond acceptors (Lipinski definition) is 5. The molecule has 2 fully saturated rings. The predicted octanol–water partition coefficient (Wildman–Crippen LogP) is 6.61. The molecule has 6 rings (SSSR count). The molecule has 2 aromatic carbocycles. The van der Waals surface area contributed by atoms with Gasteiger partial charge in [0.05, 0.1) is 17.6 Å². The van der Waals surface area contributed by atoms with E-state index in [-0.39, 0.29) is 12.0 Å². The first kappa shape index (κ1) is 21.0. The van der Waals surface area contributed by atoms with Gasteiger partial charge in [-0.1, -0.05) is 13.8 Å². The fourth-order valence-electron chi connectivity index (χ4n) is 5.11. The van der Waals surface area contributed by atoms with E-state index in [9.17, 15) is 4.79 Å². The summed E-state index contributed by atoms with van der Waals surface area (Å²) in [5.74, 6) is 3.46. The maximum absolute atomic E-state index is 11.8. The summed E-state index contributed by atoms with van der Waals surface area (Å²) in [5.41, 5.74) is 2.06. The molecule has 0 aliphatic heterocycles. The van der Waals surface area contributed by atoms with Crippen molar-refractivity contribution in [3.63, 3.8) is 0 Å². The number of hydrogen-bond donors (Lipinski definition) is 0. The first-order chi connectivity index (χ1) is 16.5. The number of nitrogens with zero attached hydrogens (tertiary/aromatic N) is 2. The standard InChI is InChI=1S/C28H28N2O4/c1-4-13-32-25-15-21-22(16-26(25)34-27-17(2)28(27)9-10-28)29-11-7-24(21)33-20-5-6-23-19(14-20)8-12-30(23)18(3)31/h5-8,11-12,14-17,27H,4,9-10,13H2,1-3H3/t17-,27?/m0/s1. The lowest BCUT2D eigenvalue weighted by molar-refractivity contribution is 0.0941. The smallest absolute Gasteiger partial charge is 0.227 e. The summed E-state index contributed by atoms with van der Waals surface area (Å²) in [6.45, 7) is 6.54. The highest BCUT2D eigenvalue weighted by atomic mass is 16.5. The Balaban J connectivity index is 1.34. The minimum Gasteiger partial charge on any atom is -0.490 e. The van der Waals surface area contributed by atoms with Crippen LogP contribution in [-0.2, 0) is 0 Å². The van der Waals surface area contributed by atoms with Crippen LogP contribution in [0.1, 0.15) is 44.8 Å². The van der Waals surface area contributed by atoms with Crippen LogP contribution in [-0.4, -0.2) is 28.2 Å². The second-order valence-electron chi connectivity index (χ2n) is 9.56. The molecule has 6 nitrogen and oxygen atoms in total. The van der Waals surface area contributed by atoms with Crippen LogP contribution >= 0.6 is 0 Å². The third kappa shape index (κ3) is 3.40. The van der Waals surface area contributed by atoms with Gasteiger partial charge >= 0.3 is 0 Å². The average molecular weight is 457 g/mol. The maximum Gasteiger partial charge on any atom is 0.227 e. The molecule has 0 saturated heterocycles. The number of ether oxygens (including phenoxy) is 3. The highest BCUT2D eigenvalue weighted by molar-refractivity contribution is 5.92. The number of benzene rings is 2. The molecular formula is C28H28N2O4. The molecule has 2 saturated carbocycles. The molecule has 0 bridgehead atoms. The molecule has 6 heteroatoms. The Bertz CT molecular complexity index is 1420. The fourth-order valence-corrected chi connectivity index (χ4v) is 5.11. The van der Waals surface area contributed by atoms with Gasteiger partial charge in [-0.3, -0.25) is 14.3 Å². The number of carbonyl (C=O) groups is 1. The molecular weight excluding hydrogens is 428 g/mol. The van der Waals surface area contributed by atoms with Gasteiger partial charge < -0.3 is 14.2 Å². The molecule has 1 unspecified atom stereocenters. The summed E-state index contributed by atoms with van der Waals surface area (Å²) >= 11 is 0. The zero-order valence-corrected chi connectivity index (χ0v) is 19.7. The maximum atomic E-state index is 11.8. The minimum atomic E-state index is -0.0189. The van der Waals surface area contributed by atoms with Crippen LogP contribution < -0.4 is 14.2 Å². The van der Waals surface area contributed by atoms with Crippen LogP contribution in [0.5, 0.6) is 23.0 Å². The van der Waals surface area contributed by atoms with E-state index >= 15 is 0 Å². The summed E-state index contributed by atoms with van der Waals surface area (Å²) in [6, 6.07) is 13.5. The van der Waals surface area contributed by atoms with Crippen molar-refractivity contribution in [1.82, 2.24) is 9.55 Å². The monoisotopic (exact) mass is 456 g/mol. The lowest BCUT2D eigenvalue weighted by Crippen LogP contribution is -2.05. The van der Waals surface area contributed by atoms with Gasteiger partial charge in [0.25, 0.3) is 0 Å². The van der Waals surface area contributed by atoms with E-state index in [1.165, 1.54) is 12.8 Å². The molecule has 0 amide bonds. The zero-order chi connectivity index (χ0) is 23.4. The molecule has 1 spiro atoms. The Morgan fingerprint density at radius 1 is 1.12 bits per heavy atom. The van der Waals surface area contributed by atoms with Gasteiger partial charge in [0.15, 0.2) is 11.5 Å². The van der Waals surface area contributed by atoms with Gasteiger partial charge in [-0.05, 0) is 55.7 Å². The third-order valence-corrected chi connectivity index (χ3v) is 7.36. The van der Waals surface area contributed by atoms with Crippen molar-refractivity contribution in [1.29, 1.82) is 0 Å². The van der Waals surface area contributed by atoms with Crippen LogP contribution in [0.15, 0.2) is 54.9 Å². The van der Waals surface area contributed by atoms with Gasteiger partial charge in [-0.25, -0.2) is 0 Å². The Labute approximate surface area is 198 Å². The molecule has 0 N–H and O–H groups in total. The van der Waals surface area contributed by atoms with Gasteiger partial charge in [-0.2, -0.15) is 0 Å². The van der Waals surface area contributed by atoms with E-state index in [4.69, 9.17) is 14.2 Å². The minimum absolute atomic E-state index is 0.0189. The number of pyridine rings is 1. The van der Waals surface area contributed by atoms with Crippen LogP contribution in [0.4, 0.5) is 0 Å². The Kier molecular flexibility index (Phi) is 4.80. The zero-order valence-electron chi connectivity index (χ0n) is 19.7.